The molecule has 0 saturated carbocycles. The number of nitrogens with zero attached hydrogens (tertiary/aromatic N) is 2. The molecule has 0 atom stereocenters. The van der Waals surface area contributed by atoms with Gasteiger partial charge >= 0.3 is 0 Å². The Balaban J connectivity index is 2.55. The van der Waals surface area contributed by atoms with Gasteiger partial charge in [-0.2, -0.15) is 5.10 Å². The van der Waals surface area contributed by atoms with Crippen LogP contribution in [0, 0.1) is 0 Å². The molecule has 0 saturated heterocycles. The first-order chi connectivity index (χ1) is 7.59. The van der Waals surface area contributed by atoms with Gasteiger partial charge in [0.2, 0.25) is 0 Å². The summed E-state index contributed by atoms with van der Waals surface area (Å²) >= 11 is 5.05. The van der Waals surface area contributed by atoms with Crippen molar-refractivity contribution in [3.05, 3.63) is 30.1 Å². The molecule has 5 heteroatoms. The van der Waals surface area contributed by atoms with E-state index in [-0.39, 0.29) is 0 Å². The lowest BCUT2D eigenvalue weighted by molar-refractivity contribution is 0.719. The molecule has 1 aromatic heterocycles. The van der Waals surface area contributed by atoms with Crippen LogP contribution in [0.3, 0.4) is 0 Å². The van der Waals surface area contributed by atoms with E-state index in [0.29, 0.717) is 11.2 Å². The van der Waals surface area contributed by atoms with Gasteiger partial charge in [0.1, 0.15) is 0 Å². The fourth-order valence-corrected chi connectivity index (χ4v) is 1.34. The highest BCUT2D eigenvalue weighted by Gasteiger charge is 1.99. The number of hydrogen-bond acceptors (Lipinski definition) is 3. The molecule has 0 aromatic carbocycles. The molecular formula is C11H16N4S. The summed E-state index contributed by atoms with van der Waals surface area (Å²) in [5, 5.41) is 7.71. The van der Waals surface area contributed by atoms with Crippen molar-refractivity contribution in [1.82, 2.24) is 15.7 Å². The highest BCUT2D eigenvalue weighted by atomic mass is 32.1. The van der Waals surface area contributed by atoms with E-state index in [9.17, 15) is 0 Å². The lowest BCUT2D eigenvalue weighted by Crippen LogP contribution is -2.37. The van der Waals surface area contributed by atoms with Gasteiger partial charge < -0.3 is 5.32 Å². The van der Waals surface area contributed by atoms with Gasteiger partial charge in [0, 0.05) is 12.2 Å². The normalized spacial score (nSPS) is 11.4. The van der Waals surface area contributed by atoms with Crippen molar-refractivity contribution in [3.8, 4) is 0 Å². The lowest BCUT2D eigenvalue weighted by atomic mass is 10.3. The molecule has 1 aromatic rings. The molecule has 0 spiro atoms. The van der Waals surface area contributed by atoms with Crippen LogP contribution < -0.4 is 10.7 Å². The Hall–Kier alpha value is -1.49. The zero-order valence-electron chi connectivity index (χ0n) is 9.69. The molecule has 4 nitrogen and oxygen atoms in total. The van der Waals surface area contributed by atoms with E-state index in [1.807, 2.05) is 39.0 Å². The monoisotopic (exact) mass is 236 g/mol. The number of rotatable bonds is 3. The second kappa shape index (κ2) is 6.17. The minimum absolute atomic E-state index is 0.297. The first-order valence-electron chi connectivity index (χ1n) is 5.12. The molecule has 1 heterocycles. The summed E-state index contributed by atoms with van der Waals surface area (Å²) in [5.74, 6) is 0. The quantitative estimate of drug-likeness (QED) is 0.476. The van der Waals surface area contributed by atoms with Crippen LogP contribution in [0.2, 0.25) is 0 Å². The van der Waals surface area contributed by atoms with E-state index in [0.717, 1.165) is 11.4 Å². The first-order valence-corrected chi connectivity index (χ1v) is 5.52. The molecule has 0 aliphatic carbocycles. The van der Waals surface area contributed by atoms with E-state index < -0.39 is 0 Å². The van der Waals surface area contributed by atoms with Crippen LogP contribution >= 0.6 is 12.2 Å². The smallest absolute Gasteiger partial charge is 0.187 e. The lowest BCUT2D eigenvalue weighted by Gasteiger charge is -2.10. The van der Waals surface area contributed by atoms with Gasteiger partial charge in [-0.1, -0.05) is 6.07 Å². The predicted molar refractivity (Wildman–Crippen MR) is 70.5 cm³/mol. The topological polar surface area (TPSA) is 49.3 Å². The Kier molecular flexibility index (Phi) is 4.85. The molecule has 1 rings (SSSR count). The second-order valence-corrected chi connectivity index (χ2v) is 4.06. The van der Waals surface area contributed by atoms with Gasteiger partial charge in [-0.15, -0.1) is 0 Å². The maximum absolute atomic E-state index is 5.05. The van der Waals surface area contributed by atoms with Crippen LogP contribution in [0.1, 0.15) is 26.5 Å². The van der Waals surface area contributed by atoms with E-state index in [1.54, 1.807) is 6.20 Å². The molecule has 16 heavy (non-hydrogen) atoms. The Labute approximate surface area is 101 Å². The number of nitrogens with one attached hydrogen (secondary N) is 2. The third kappa shape index (κ3) is 4.35. The third-order valence-electron chi connectivity index (χ3n) is 1.78. The minimum atomic E-state index is 0.297. The Bertz CT molecular complexity index is 373. The predicted octanol–water partition coefficient (Wildman–Crippen LogP) is 1.68. The summed E-state index contributed by atoms with van der Waals surface area (Å²) in [6.07, 6.45) is 1.74. The van der Waals surface area contributed by atoms with Gasteiger partial charge in [0.25, 0.3) is 0 Å². The standard InChI is InChI=1S/C11H16N4S/c1-8(2)13-11(16)15-14-9(3)10-6-4-5-7-12-10/h4-8H,1-3H3,(H2,13,15,16)/b14-9-. The summed E-state index contributed by atoms with van der Waals surface area (Å²) in [7, 11) is 0. The maximum atomic E-state index is 5.05. The zero-order valence-corrected chi connectivity index (χ0v) is 10.5. The van der Waals surface area contributed by atoms with Gasteiger partial charge in [0.15, 0.2) is 5.11 Å². The van der Waals surface area contributed by atoms with Crippen molar-refractivity contribution >= 4 is 23.0 Å². The van der Waals surface area contributed by atoms with Crippen LogP contribution in [0.15, 0.2) is 29.5 Å². The molecule has 0 aliphatic heterocycles. The van der Waals surface area contributed by atoms with Crippen molar-refractivity contribution in [1.29, 1.82) is 0 Å². The SMILES string of the molecule is C/C(=N/NC(=S)NC(C)C)c1ccccn1. The number of thiocarbonyl (C=S) groups is 1. The molecule has 86 valence electrons. The van der Waals surface area contributed by atoms with E-state index >= 15 is 0 Å². The Morgan fingerprint density at radius 1 is 1.44 bits per heavy atom. The largest absolute Gasteiger partial charge is 0.359 e. The van der Waals surface area contributed by atoms with Crippen molar-refractivity contribution < 1.29 is 0 Å². The second-order valence-electron chi connectivity index (χ2n) is 3.65. The van der Waals surface area contributed by atoms with Crippen molar-refractivity contribution in [2.24, 2.45) is 5.10 Å². The third-order valence-corrected chi connectivity index (χ3v) is 1.99. The molecule has 0 fully saturated rings. The van der Waals surface area contributed by atoms with Crippen molar-refractivity contribution in [3.63, 3.8) is 0 Å². The highest BCUT2D eigenvalue weighted by molar-refractivity contribution is 7.80. The summed E-state index contributed by atoms with van der Waals surface area (Å²) in [6.45, 7) is 5.92. The minimum Gasteiger partial charge on any atom is -0.359 e. The van der Waals surface area contributed by atoms with E-state index in [1.165, 1.54) is 0 Å². The molecule has 0 radical (unpaired) electrons. The average Bonchev–Trinajstić information content (AvgIpc) is 2.26. The van der Waals surface area contributed by atoms with Crippen LogP contribution in [-0.2, 0) is 0 Å². The van der Waals surface area contributed by atoms with Crippen LogP contribution in [0.5, 0.6) is 0 Å². The van der Waals surface area contributed by atoms with Crippen LogP contribution in [0.25, 0.3) is 0 Å². The van der Waals surface area contributed by atoms with Crippen LogP contribution in [-0.4, -0.2) is 21.8 Å². The van der Waals surface area contributed by atoms with Crippen molar-refractivity contribution in [2.75, 3.05) is 0 Å². The van der Waals surface area contributed by atoms with E-state index in [2.05, 4.69) is 20.8 Å². The molecule has 0 amide bonds. The number of aromatic nitrogens is 1. The van der Waals surface area contributed by atoms with Crippen LogP contribution in [0.4, 0.5) is 0 Å². The van der Waals surface area contributed by atoms with Gasteiger partial charge in [-0.3, -0.25) is 10.4 Å². The van der Waals surface area contributed by atoms with E-state index in [4.69, 9.17) is 12.2 Å². The molecular weight excluding hydrogens is 220 g/mol. The van der Waals surface area contributed by atoms with Crippen molar-refractivity contribution in [2.45, 2.75) is 26.8 Å². The first kappa shape index (κ1) is 12.6. The molecule has 0 aliphatic rings. The molecule has 2 N–H and O–H groups in total. The highest BCUT2D eigenvalue weighted by Crippen LogP contribution is 1.95. The molecule has 0 unspecified atom stereocenters. The summed E-state index contributed by atoms with van der Waals surface area (Å²) in [5.41, 5.74) is 4.42. The summed E-state index contributed by atoms with van der Waals surface area (Å²) in [6, 6.07) is 5.99. The number of pyridine rings is 1. The number of hydrogen-bond donors (Lipinski definition) is 2. The average molecular weight is 236 g/mol. The molecule has 0 bridgehead atoms. The maximum Gasteiger partial charge on any atom is 0.187 e. The fraction of sp³-hybridized carbons (Fsp3) is 0.364. The number of hydrazone groups is 1. The summed E-state index contributed by atoms with van der Waals surface area (Å²) in [4.78, 5) is 4.18. The van der Waals surface area contributed by atoms with Gasteiger partial charge in [-0.05, 0) is 45.1 Å². The van der Waals surface area contributed by atoms with Gasteiger partial charge in [-0.25, -0.2) is 0 Å². The Morgan fingerprint density at radius 3 is 2.75 bits per heavy atom. The Morgan fingerprint density at radius 2 is 2.19 bits per heavy atom. The van der Waals surface area contributed by atoms with Gasteiger partial charge in [0.05, 0.1) is 11.4 Å². The zero-order chi connectivity index (χ0) is 12.0. The summed E-state index contributed by atoms with van der Waals surface area (Å²) < 4.78 is 0. The fourth-order valence-electron chi connectivity index (χ4n) is 1.06.